The number of rotatable bonds is 5. The quantitative estimate of drug-likeness (QED) is 0.849. The molecule has 0 saturated carbocycles. The molecule has 2 aromatic rings. The minimum Gasteiger partial charge on any atom is -0.495 e. The number of anilines is 1. The Morgan fingerprint density at radius 3 is 2.71 bits per heavy atom. The van der Waals surface area contributed by atoms with Gasteiger partial charge in [0.2, 0.25) is 0 Å². The maximum absolute atomic E-state index is 5.35. The molecule has 90 valence electrons. The highest BCUT2D eigenvalue weighted by molar-refractivity contribution is 7.10. The van der Waals surface area contributed by atoms with Gasteiger partial charge in [-0.2, -0.15) is 0 Å². The van der Waals surface area contributed by atoms with E-state index in [4.69, 9.17) is 4.74 Å². The van der Waals surface area contributed by atoms with Crippen LogP contribution in [0.1, 0.15) is 24.3 Å². The maximum atomic E-state index is 5.35. The first-order valence-electron chi connectivity index (χ1n) is 5.78. The molecule has 1 unspecified atom stereocenters. The van der Waals surface area contributed by atoms with Crippen molar-refractivity contribution in [2.45, 2.75) is 19.4 Å². The minimum absolute atomic E-state index is 0.353. The van der Waals surface area contributed by atoms with Crippen LogP contribution in [-0.4, -0.2) is 7.11 Å². The van der Waals surface area contributed by atoms with Gasteiger partial charge < -0.3 is 10.1 Å². The molecule has 0 bridgehead atoms. The normalized spacial score (nSPS) is 12.1. The molecule has 17 heavy (non-hydrogen) atoms. The lowest BCUT2D eigenvalue weighted by atomic mass is 10.1. The van der Waals surface area contributed by atoms with Crippen molar-refractivity contribution >= 4 is 17.0 Å². The summed E-state index contributed by atoms with van der Waals surface area (Å²) in [7, 11) is 1.70. The second-order valence-electron chi connectivity index (χ2n) is 3.82. The van der Waals surface area contributed by atoms with Crippen LogP contribution in [0.4, 0.5) is 5.69 Å². The van der Waals surface area contributed by atoms with Crippen LogP contribution in [0.5, 0.6) is 5.75 Å². The molecule has 0 amide bonds. The Hall–Kier alpha value is -1.48. The van der Waals surface area contributed by atoms with Gasteiger partial charge in [-0.15, -0.1) is 11.3 Å². The monoisotopic (exact) mass is 247 g/mol. The molecule has 1 aromatic carbocycles. The van der Waals surface area contributed by atoms with Gasteiger partial charge in [-0.05, 0) is 30.0 Å². The third-order valence-electron chi connectivity index (χ3n) is 2.73. The Morgan fingerprint density at radius 2 is 2.06 bits per heavy atom. The molecule has 1 atom stereocenters. The number of hydrogen-bond donors (Lipinski definition) is 1. The topological polar surface area (TPSA) is 21.3 Å². The SMILES string of the molecule is CCC(Nc1ccccc1OC)c1cccs1. The van der Waals surface area contributed by atoms with Gasteiger partial charge in [-0.25, -0.2) is 0 Å². The number of para-hydroxylation sites is 2. The van der Waals surface area contributed by atoms with E-state index in [1.54, 1.807) is 18.4 Å². The van der Waals surface area contributed by atoms with Gasteiger partial charge in [-0.1, -0.05) is 25.1 Å². The molecule has 0 aliphatic rings. The maximum Gasteiger partial charge on any atom is 0.141 e. The third-order valence-corrected chi connectivity index (χ3v) is 3.72. The Morgan fingerprint density at radius 1 is 1.24 bits per heavy atom. The van der Waals surface area contributed by atoms with Crippen LogP contribution >= 0.6 is 11.3 Å². The van der Waals surface area contributed by atoms with E-state index < -0.39 is 0 Å². The van der Waals surface area contributed by atoms with Crippen LogP contribution in [0.15, 0.2) is 41.8 Å². The van der Waals surface area contributed by atoms with Gasteiger partial charge in [0.25, 0.3) is 0 Å². The van der Waals surface area contributed by atoms with Crippen molar-refractivity contribution in [1.29, 1.82) is 0 Å². The Balaban J connectivity index is 2.18. The fourth-order valence-corrected chi connectivity index (χ4v) is 2.68. The summed E-state index contributed by atoms with van der Waals surface area (Å²) in [5.41, 5.74) is 1.05. The highest BCUT2D eigenvalue weighted by atomic mass is 32.1. The summed E-state index contributed by atoms with van der Waals surface area (Å²) in [6.07, 6.45) is 1.05. The lowest BCUT2D eigenvalue weighted by molar-refractivity contribution is 0.416. The van der Waals surface area contributed by atoms with Crippen molar-refractivity contribution in [3.63, 3.8) is 0 Å². The van der Waals surface area contributed by atoms with E-state index in [0.29, 0.717) is 6.04 Å². The Labute approximate surface area is 106 Å². The van der Waals surface area contributed by atoms with E-state index in [1.807, 2.05) is 18.2 Å². The molecule has 1 N–H and O–H groups in total. The predicted molar refractivity (Wildman–Crippen MR) is 74.0 cm³/mol. The Kier molecular flexibility index (Phi) is 4.04. The van der Waals surface area contributed by atoms with Crippen molar-refractivity contribution in [1.82, 2.24) is 0 Å². The van der Waals surface area contributed by atoms with E-state index in [9.17, 15) is 0 Å². The first kappa shape index (κ1) is 12.0. The molecule has 0 spiro atoms. The fraction of sp³-hybridized carbons (Fsp3) is 0.286. The molecule has 2 rings (SSSR count). The molecule has 1 aromatic heterocycles. The number of hydrogen-bond acceptors (Lipinski definition) is 3. The van der Waals surface area contributed by atoms with Gasteiger partial charge in [0, 0.05) is 4.88 Å². The van der Waals surface area contributed by atoms with E-state index in [1.165, 1.54) is 4.88 Å². The summed E-state index contributed by atoms with van der Waals surface area (Å²) in [6.45, 7) is 2.19. The highest BCUT2D eigenvalue weighted by Crippen LogP contribution is 2.30. The molecule has 0 fully saturated rings. The van der Waals surface area contributed by atoms with Crippen molar-refractivity contribution in [2.24, 2.45) is 0 Å². The van der Waals surface area contributed by atoms with Gasteiger partial charge >= 0.3 is 0 Å². The molecule has 1 heterocycles. The van der Waals surface area contributed by atoms with E-state index in [2.05, 4.69) is 35.8 Å². The third kappa shape index (κ3) is 2.80. The van der Waals surface area contributed by atoms with Crippen LogP contribution in [0.3, 0.4) is 0 Å². The summed E-state index contributed by atoms with van der Waals surface area (Å²) >= 11 is 1.78. The van der Waals surface area contributed by atoms with E-state index in [-0.39, 0.29) is 0 Å². The first-order valence-corrected chi connectivity index (χ1v) is 6.66. The van der Waals surface area contributed by atoms with E-state index >= 15 is 0 Å². The molecular formula is C14H17NOS. The molecule has 0 saturated heterocycles. The number of nitrogens with one attached hydrogen (secondary N) is 1. The minimum atomic E-state index is 0.353. The lowest BCUT2D eigenvalue weighted by Gasteiger charge is -2.18. The zero-order chi connectivity index (χ0) is 12.1. The van der Waals surface area contributed by atoms with E-state index in [0.717, 1.165) is 17.9 Å². The second kappa shape index (κ2) is 5.73. The van der Waals surface area contributed by atoms with Crippen molar-refractivity contribution in [3.05, 3.63) is 46.7 Å². The lowest BCUT2D eigenvalue weighted by Crippen LogP contribution is -2.08. The average Bonchev–Trinajstić information content (AvgIpc) is 2.90. The summed E-state index contributed by atoms with van der Waals surface area (Å²) in [6, 6.07) is 12.6. The molecule has 0 radical (unpaired) electrons. The highest BCUT2D eigenvalue weighted by Gasteiger charge is 2.11. The number of ether oxygens (including phenoxy) is 1. The molecular weight excluding hydrogens is 230 g/mol. The number of benzene rings is 1. The van der Waals surface area contributed by atoms with Crippen molar-refractivity contribution in [3.8, 4) is 5.75 Å². The van der Waals surface area contributed by atoms with Crippen molar-refractivity contribution in [2.75, 3.05) is 12.4 Å². The predicted octanol–water partition coefficient (Wildman–Crippen LogP) is 4.32. The zero-order valence-corrected chi connectivity index (χ0v) is 11.0. The standard InChI is InChI=1S/C14H17NOS/c1-3-11(14-9-6-10-17-14)15-12-7-4-5-8-13(12)16-2/h4-11,15H,3H2,1-2H3. The first-order chi connectivity index (χ1) is 8.35. The number of methoxy groups -OCH3 is 1. The molecule has 0 aliphatic heterocycles. The summed E-state index contributed by atoms with van der Waals surface area (Å²) < 4.78 is 5.35. The molecule has 2 nitrogen and oxygen atoms in total. The summed E-state index contributed by atoms with van der Waals surface area (Å²) in [5, 5.41) is 5.65. The summed E-state index contributed by atoms with van der Waals surface area (Å²) in [5.74, 6) is 0.891. The average molecular weight is 247 g/mol. The van der Waals surface area contributed by atoms with Gasteiger partial charge in [0.05, 0.1) is 18.8 Å². The van der Waals surface area contributed by atoms with Crippen LogP contribution < -0.4 is 10.1 Å². The van der Waals surface area contributed by atoms with Crippen molar-refractivity contribution < 1.29 is 4.74 Å². The van der Waals surface area contributed by atoms with Crippen LogP contribution in [0.2, 0.25) is 0 Å². The van der Waals surface area contributed by atoms with Crippen LogP contribution in [-0.2, 0) is 0 Å². The molecule has 0 aliphatic carbocycles. The van der Waals surface area contributed by atoms with Gasteiger partial charge in [-0.3, -0.25) is 0 Å². The zero-order valence-electron chi connectivity index (χ0n) is 10.1. The fourth-order valence-electron chi connectivity index (χ4n) is 1.82. The molecule has 3 heteroatoms. The van der Waals surface area contributed by atoms with Crippen LogP contribution in [0.25, 0.3) is 0 Å². The smallest absolute Gasteiger partial charge is 0.141 e. The Bertz CT molecular complexity index is 453. The van der Waals surface area contributed by atoms with Crippen LogP contribution in [0, 0.1) is 0 Å². The van der Waals surface area contributed by atoms with Gasteiger partial charge in [0.1, 0.15) is 5.75 Å². The second-order valence-corrected chi connectivity index (χ2v) is 4.80. The van der Waals surface area contributed by atoms with Gasteiger partial charge in [0.15, 0.2) is 0 Å². The number of thiophene rings is 1. The summed E-state index contributed by atoms with van der Waals surface area (Å²) in [4.78, 5) is 1.36. The largest absolute Gasteiger partial charge is 0.495 e.